The zero-order valence-electron chi connectivity index (χ0n) is 20.9. The number of hydrogen-bond acceptors (Lipinski definition) is 5. The van der Waals surface area contributed by atoms with Crippen molar-refractivity contribution in [3.63, 3.8) is 0 Å². The molecule has 1 aromatic heterocycles. The Hall–Kier alpha value is -3.23. The van der Waals surface area contributed by atoms with Crippen molar-refractivity contribution < 1.29 is 14.4 Å². The summed E-state index contributed by atoms with van der Waals surface area (Å²) in [6, 6.07) is 6.03. The lowest BCUT2D eigenvalue weighted by Gasteiger charge is -2.26. The summed E-state index contributed by atoms with van der Waals surface area (Å²) in [5.41, 5.74) is 4.68. The van der Waals surface area contributed by atoms with E-state index < -0.39 is 17.9 Å². The molecular weight excluding hydrogens is 446 g/mol. The van der Waals surface area contributed by atoms with E-state index in [4.69, 9.17) is 0 Å². The van der Waals surface area contributed by atoms with Crippen LogP contribution >= 0.6 is 0 Å². The van der Waals surface area contributed by atoms with E-state index in [9.17, 15) is 19.2 Å². The number of fused-ring (bicyclic) bond motifs is 1. The van der Waals surface area contributed by atoms with Gasteiger partial charge in [0.05, 0.1) is 5.39 Å². The van der Waals surface area contributed by atoms with E-state index in [1.54, 1.807) is 24.3 Å². The van der Waals surface area contributed by atoms with Gasteiger partial charge in [0.1, 0.15) is 6.04 Å². The third-order valence-corrected chi connectivity index (χ3v) is 6.58. The Morgan fingerprint density at radius 3 is 2.37 bits per heavy atom. The normalized spacial score (nSPS) is 15.1. The van der Waals surface area contributed by atoms with E-state index in [-0.39, 0.29) is 29.0 Å². The summed E-state index contributed by atoms with van der Waals surface area (Å²) in [5.74, 6) is -1.48. The molecule has 0 radical (unpaired) electrons. The van der Waals surface area contributed by atoms with Crippen molar-refractivity contribution in [1.82, 2.24) is 25.9 Å². The summed E-state index contributed by atoms with van der Waals surface area (Å²) < 4.78 is 1.32. The molecule has 0 spiro atoms. The number of amides is 3. The number of rotatable bonds is 9. The Balaban J connectivity index is 1.73. The number of unbranched alkanes of at least 4 members (excludes halogenated alkanes) is 2. The molecule has 9 heteroatoms. The molecule has 1 heterocycles. The number of aromatic nitrogens is 2. The zero-order chi connectivity index (χ0) is 25.4. The first kappa shape index (κ1) is 26.4. The van der Waals surface area contributed by atoms with E-state index in [2.05, 4.69) is 28.2 Å². The Labute approximate surface area is 206 Å². The number of hydrogen-bond donors (Lipinski definition) is 3. The smallest absolute Gasteiger partial charge is 0.290 e. The molecule has 0 bridgehead atoms. The third-order valence-electron chi connectivity index (χ3n) is 6.58. The lowest BCUT2D eigenvalue weighted by Crippen LogP contribution is -2.55. The van der Waals surface area contributed by atoms with Crippen LogP contribution in [0.2, 0.25) is 0 Å². The molecule has 3 rings (SSSR count). The first-order valence-corrected chi connectivity index (χ1v) is 12.7. The minimum absolute atomic E-state index is 0.0596. The highest BCUT2D eigenvalue weighted by Crippen LogP contribution is 2.24. The van der Waals surface area contributed by atoms with Crippen molar-refractivity contribution in [2.45, 2.75) is 84.7 Å². The number of nitrogens with one attached hydrogen (secondary N) is 3. The molecule has 1 atom stereocenters. The SMILES string of the molecule is CCCCCn1nc(C(=O)NNC(=O)C(NC(=O)C2CCCCC2)C(C)C)c2ccccc2c1=O. The molecule has 0 aliphatic heterocycles. The fraction of sp³-hybridized carbons (Fsp3) is 0.577. The maximum Gasteiger partial charge on any atom is 0.290 e. The van der Waals surface area contributed by atoms with Gasteiger partial charge in [0.25, 0.3) is 17.4 Å². The number of carbonyl (C=O) groups is 3. The summed E-state index contributed by atoms with van der Waals surface area (Å²) in [5, 5.41) is 7.99. The van der Waals surface area contributed by atoms with Gasteiger partial charge in [-0.05, 0) is 31.2 Å². The van der Waals surface area contributed by atoms with Gasteiger partial charge in [-0.15, -0.1) is 0 Å². The predicted octanol–water partition coefficient (Wildman–Crippen LogP) is 3.07. The highest BCUT2D eigenvalue weighted by atomic mass is 16.2. The van der Waals surface area contributed by atoms with Crippen molar-refractivity contribution in [2.75, 3.05) is 0 Å². The number of aryl methyl sites for hydroxylation is 1. The predicted molar refractivity (Wildman–Crippen MR) is 134 cm³/mol. The van der Waals surface area contributed by atoms with E-state index in [0.29, 0.717) is 17.3 Å². The lowest BCUT2D eigenvalue weighted by atomic mass is 9.88. The van der Waals surface area contributed by atoms with Crippen LogP contribution in [0.3, 0.4) is 0 Å². The quantitative estimate of drug-likeness (QED) is 0.374. The molecule has 190 valence electrons. The molecule has 0 saturated heterocycles. The van der Waals surface area contributed by atoms with Gasteiger partial charge in [-0.1, -0.05) is 71.1 Å². The summed E-state index contributed by atoms with van der Waals surface area (Å²) in [4.78, 5) is 51.4. The van der Waals surface area contributed by atoms with Crippen molar-refractivity contribution >= 4 is 28.5 Å². The second kappa shape index (κ2) is 12.5. The molecule has 1 saturated carbocycles. The highest BCUT2D eigenvalue weighted by molar-refractivity contribution is 6.05. The number of carbonyl (C=O) groups excluding carboxylic acids is 3. The van der Waals surface area contributed by atoms with Crippen molar-refractivity contribution in [3.05, 3.63) is 40.3 Å². The standard InChI is InChI=1S/C26H37N5O4/c1-4-5-11-16-31-26(35)20-15-10-9-14-19(20)22(30-31)25(34)29-28-24(33)21(17(2)3)27-23(32)18-12-7-6-8-13-18/h9-10,14-15,17-18,21H,4-8,11-13,16H2,1-3H3,(H,27,32)(H,28,33)(H,29,34). The molecule has 1 fully saturated rings. The van der Waals surface area contributed by atoms with E-state index in [1.807, 2.05) is 13.8 Å². The van der Waals surface area contributed by atoms with Crippen LogP contribution in [0.5, 0.6) is 0 Å². The maximum absolute atomic E-state index is 13.0. The average Bonchev–Trinajstić information content (AvgIpc) is 2.87. The monoisotopic (exact) mass is 483 g/mol. The maximum atomic E-state index is 13.0. The van der Waals surface area contributed by atoms with Gasteiger partial charge in [0.2, 0.25) is 5.91 Å². The zero-order valence-corrected chi connectivity index (χ0v) is 20.9. The number of benzene rings is 1. The van der Waals surface area contributed by atoms with Gasteiger partial charge >= 0.3 is 0 Å². The molecular formula is C26H37N5O4. The molecule has 35 heavy (non-hydrogen) atoms. The number of nitrogens with zero attached hydrogens (tertiary/aromatic N) is 2. The number of hydrazine groups is 1. The van der Waals surface area contributed by atoms with Crippen LogP contribution < -0.4 is 21.7 Å². The van der Waals surface area contributed by atoms with Crippen LogP contribution in [-0.4, -0.2) is 33.5 Å². The minimum atomic E-state index is -0.780. The van der Waals surface area contributed by atoms with E-state index >= 15 is 0 Å². The van der Waals surface area contributed by atoms with Crippen molar-refractivity contribution in [2.24, 2.45) is 11.8 Å². The Kier molecular flexibility index (Phi) is 9.39. The highest BCUT2D eigenvalue weighted by Gasteiger charge is 2.29. The van der Waals surface area contributed by atoms with E-state index in [1.165, 1.54) is 4.68 Å². The van der Waals surface area contributed by atoms with Gasteiger partial charge in [0, 0.05) is 17.8 Å². The molecule has 1 aliphatic rings. The van der Waals surface area contributed by atoms with Crippen molar-refractivity contribution in [3.8, 4) is 0 Å². The summed E-state index contributed by atoms with van der Waals surface area (Å²) in [6.07, 6.45) is 7.57. The topological polar surface area (TPSA) is 122 Å². The minimum Gasteiger partial charge on any atom is -0.344 e. The molecule has 1 aromatic carbocycles. The van der Waals surface area contributed by atoms with Crippen LogP contribution in [0.4, 0.5) is 0 Å². The molecule has 1 aliphatic carbocycles. The second-order valence-corrected chi connectivity index (χ2v) is 9.64. The van der Waals surface area contributed by atoms with Crippen molar-refractivity contribution in [1.29, 1.82) is 0 Å². The third kappa shape index (κ3) is 6.68. The van der Waals surface area contributed by atoms with Crippen LogP contribution in [0, 0.1) is 11.8 Å². The Morgan fingerprint density at radius 2 is 1.71 bits per heavy atom. The van der Waals surface area contributed by atoms with Gasteiger partial charge in [-0.3, -0.25) is 30.0 Å². The average molecular weight is 484 g/mol. The van der Waals surface area contributed by atoms with Gasteiger partial charge < -0.3 is 5.32 Å². The van der Waals surface area contributed by atoms with Gasteiger partial charge in [-0.25, -0.2) is 4.68 Å². The summed E-state index contributed by atoms with van der Waals surface area (Å²) in [6.45, 7) is 6.16. The largest absolute Gasteiger partial charge is 0.344 e. The fourth-order valence-electron chi connectivity index (χ4n) is 4.49. The Bertz CT molecular complexity index is 1100. The summed E-state index contributed by atoms with van der Waals surface area (Å²) >= 11 is 0. The van der Waals surface area contributed by atoms with E-state index in [0.717, 1.165) is 51.4 Å². The summed E-state index contributed by atoms with van der Waals surface area (Å²) in [7, 11) is 0. The van der Waals surface area contributed by atoms with Crippen LogP contribution in [0.25, 0.3) is 10.8 Å². The molecule has 2 aromatic rings. The van der Waals surface area contributed by atoms with Gasteiger partial charge in [-0.2, -0.15) is 5.10 Å². The molecule has 1 unspecified atom stereocenters. The van der Waals surface area contributed by atoms with Crippen LogP contribution in [0.15, 0.2) is 29.1 Å². The fourth-order valence-corrected chi connectivity index (χ4v) is 4.49. The van der Waals surface area contributed by atoms with Gasteiger partial charge in [0.15, 0.2) is 5.69 Å². The molecule has 9 nitrogen and oxygen atoms in total. The first-order chi connectivity index (χ1) is 16.8. The Morgan fingerprint density at radius 1 is 1.03 bits per heavy atom. The molecule has 3 N–H and O–H groups in total. The lowest BCUT2D eigenvalue weighted by molar-refractivity contribution is -0.133. The second-order valence-electron chi connectivity index (χ2n) is 9.64. The van der Waals surface area contributed by atoms with Crippen LogP contribution in [0.1, 0.15) is 82.6 Å². The molecule has 3 amide bonds. The van der Waals surface area contributed by atoms with Crippen LogP contribution in [-0.2, 0) is 16.1 Å². The first-order valence-electron chi connectivity index (χ1n) is 12.7.